The fourth-order valence-corrected chi connectivity index (χ4v) is 4.27. The van der Waals surface area contributed by atoms with Crippen molar-refractivity contribution in [3.63, 3.8) is 0 Å². The minimum Gasteiger partial charge on any atom is -0.398 e. The number of hydrogen-bond acceptors (Lipinski definition) is 3. The Kier molecular flexibility index (Phi) is 7.75. The molecule has 0 aromatic carbocycles. The molecule has 0 heterocycles. The number of rotatable bonds is 9. The van der Waals surface area contributed by atoms with Crippen molar-refractivity contribution in [2.75, 3.05) is 20.3 Å². The Morgan fingerprint density at radius 2 is 1.75 bits per heavy atom. The van der Waals surface area contributed by atoms with Crippen LogP contribution in [0, 0.1) is 0 Å². The molecule has 0 amide bonds. The van der Waals surface area contributed by atoms with Gasteiger partial charge in [-0.05, 0) is 32.0 Å². The second-order valence-electron chi connectivity index (χ2n) is 5.47. The Bertz CT molecular complexity index is 185. The van der Waals surface area contributed by atoms with Crippen molar-refractivity contribution in [3.8, 4) is 0 Å². The first-order valence-corrected chi connectivity index (χ1v) is 12.3. The lowest BCUT2D eigenvalue weighted by molar-refractivity contribution is 0.204. The zero-order valence-corrected chi connectivity index (χ0v) is 13.9. The van der Waals surface area contributed by atoms with Gasteiger partial charge in [-0.15, -0.1) is 0 Å². The Labute approximate surface area is 103 Å². The number of hydrogen-bond donors (Lipinski definition) is 1. The van der Waals surface area contributed by atoms with Gasteiger partial charge in [-0.1, -0.05) is 26.6 Å². The van der Waals surface area contributed by atoms with E-state index in [1.807, 2.05) is 0 Å². The molecule has 0 spiro atoms. The maximum Gasteiger partial charge on any atom is 0.334 e. The lowest BCUT2D eigenvalue weighted by Crippen LogP contribution is -2.43. The maximum atomic E-state index is 5.86. The van der Waals surface area contributed by atoms with Gasteiger partial charge in [-0.25, -0.2) is 0 Å². The fourth-order valence-electron chi connectivity index (χ4n) is 1.42. The summed E-state index contributed by atoms with van der Waals surface area (Å²) in [4.78, 5) is 3.62. The van der Waals surface area contributed by atoms with Gasteiger partial charge in [-0.2, -0.15) is 0 Å². The molecule has 0 rings (SSSR count). The van der Waals surface area contributed by atoms with Crippen LogP contribution in [0.5, 0.6) is 0 Å². The van der Waals surface area contributed by atoms with E-state index in [9.17, 15) is 0 Å². The van der Waals surface area contributed by atoms with Gasteiger partial charge in [0.2, 0.25) is 0 Å². The minimum absolute atomic E-state index is 0.831. The normalized spacial score (nSPS) is 16.1. The first-order chi connectivity index (χ1) is 7.33. The summed E-state index contributed by atoms with van der Waals surface area (Å²) in [5.74, 6) is 0. The van der Waals surface area contributed by atoms with E-state index in [4.69, 9.17) is 8.85 Å². The SMILES string of the molecule is CCCO[Si](C)(CCCN[Si](C)(C)C)OC. The van der Waals surface area contributed by atoms with Gasteiger partial charge < -0.3 is 13.8 Å². The molecule has 0 saturated carbocycles. The van der Waals surface area contributed by atoms with Crippen molar-refractivity contribution < 1.29 is 8.85 Å². The molecule has 0 bridgehead atoms. The van der Waals surface area contributed by atoms with Crippen molar-refractivity contribution in [2.45, 2.75) is 52.0 Å². The summed E-state index contributed by atoms with van der Waals surface area (Å²) >= 11 is 0. The first-order valence-electron chi connectivity index (χ1n) is 6.27. The van der Waals surface area contributed by atoms with Crippen LogP contribution in [0.2, 0.25) is 32.2 Å². The molecule has 16 heavy (non-hydrogen) atoms. The van der Waals surface area contributed by atoms with Crippen molar-refractivity contribution >= 4 is 16.8 Å². The highest BCUT2D eigenvalue weighted by Crippen LogP contribution is 2.15. The smallest absolute Gasteiger partial charge is 0.334 e. The minimum atomic E-state index is -1.87. The molecule has 0 aliphatic heterocycles. The molecule has 98 valence electrons. The topological polar surface area (TPSA) is 30.5 Å². The molecule has 0 aliphatic carbocycles. The van der Waals surface area contributed by atoms with Crippen LogP contribution in [0.25, 0.3) is 0 Å². The Balaban J connectivity index is 3.77. The van der Waals surface area contributed by atoms with Crippen LogP contribution in [0.3, 0.4) is 0 Å². The van der Waals surface area contributed by atoms with Gasteiger partial charge in [0.25, 0.3) is 0 Å². The van der Waals surface area contributed by atoms with Gasteiger partial charge in [0.1, 0.15) is 8.24 Å². The zero-order chi connectivity index (χ0) is 12.7. The van der Waals surface area contributed by atoms with Crippen LogP contribution in [0.15, 0.2) is 0 Å². The second-order valence-corrected chi connectivity index (χ2v) is 13.8. The van der Waals surface area contributed by atoms with Crippen LogP contribution in [0.1, 0.15) is 19.8 Å². The largest absolute Gasteiger partial charge is 0.398 e. The highest BCUT2D eigenvalue weighted by atomic mass is 28.4. The number of nitrogens with one attached hydrogen (secondary N) is 1. The van der Waals surface area contributed by atoms with Gasteiger partial charge in [-0.3, -0.25) is 0 Å². The summed E-state index contributed by atoms with van der Waals surface area (Å²) in [6.45, 7) is 13.2. The molecule has 1 N–H and O–H groups in total. The quantitative estimate of drug-likeness (QED) is 0.512. The predicted octanol–water partition coefficient (Wildman–Crippen LogP) is 2.95. The monoisotopic (exact) mass is 263 g/mol. The standard InChI is InChI=1S/C11H29NO2Si2/c1-7-10-14-16(6,13-2)11-8-9-12-15(3,4)5/h12H,7-11H2,1-6H3. The third kappa shape index (κ3) is 8.46. The van der Waals surface area contributed by atoms with E-state index in [-0.39, 0.29) is 0 Å². The fraction of sp³-hybridized carbons (Fsp3) is 1.00. The Hall–Kier alpha value is 0.314. The predicted molar refractivity (Wildman–Crippen MR) is 75.6 cm³/mol. The summed E-state index contributed by atoms with van der Waals surface area (Å²) in [6.07, 6.45) is 2.23. The molecule has 0 aromatic rings. The summed E-state index contributed by atoms with van der Waals surface area (Å²) in [7, 11) is -1.19. The molecule has 1 atom stereocenters. The van der Waals surface area contributed by atoms with Crippen molar-refractivity contribution in [1.82, 2.24) is 4.98 Å². The van der Waals surface area contributed by atoms with Crippen LogP contribution in [-0.2, 0) is 8.85 Å². The third-order valence-corrected chi connectivity index (χ3v) is 6.76. The van der Waals surface area contributed by atoms with Crippen LogP contribution >= 0.6 is 0 Å². The molecule has 0 aromatic heterocycles. The summed E-state index contributed by atoms with van der Waals surface area (Å²) in [5, 5.41) is 0. The molecular weight excluding hydrogens is 234 g/mol. The molecule has 0 fully saturated rings. The molecule has 5 heteroatoms. The van der Waals surface area contributed by atoms with E-state index in [2.05, 4.69) is 38.1 Å². The maximum absolute atomic E-state index is 5.86. The molecular formula is C11H29NO2Si2. The van der Waals surface area contributed by atoms with E-state index >= 15 is 0 Å². The molecule has 1 unspecified atom stereocenters. The van der Waals surface area contributed by atoms with Crippen LogP contribution in [0.4, 0.5) is 0 Å². The van der Waals surface area contributed by atoms with Crippen LogP contribution in [-0.4, -0.2) is 37.1 Å². The van der Waals surface area contributed by atoms with Crippen molar-refractivity contribution in [1.29, 1.82) is 0 Å². The van der Waals surface area contributed by atoms with Gasteiger partial charge in [0, 0.05) is 13.7 Å². The van der Waals surface area contributed by atoms with Crippen molar-refractivity contribution in [3.05, 3.63) is 0 Å². The van der Waals surface area contributed by atoms with E-state index in [0.717, 1.165) is 32.0 Å². The average Bonchev–Trinajstić information content (AvgIpc) is 2.20. The summed E-state index contributed by atoms with van der Waals surface area (Å²) in [5.41, 5.74) is 0. The Morgan fingerprint density at radius 3 is 2.19 bits per heavy atom. The lowest BCUT2D eigenvalue weighted by Gasteiger charge is -2.26. The van der Waals surface area contributed by atoms with Gasteiger partial charge in [0.05, 0.1) is 0 Å². The lowest BCUT2D eigenvalue weighted by atomic mass is 10.5. The molecule has 0 radical (unpaired) electrons. The van der Waals surface area contributed by atoms with E-state index in [0.29, 0.717) is 0 Å². The summed E-state index contributed by atoms with van der Waals surface area (Å²) in [6, 6.07) is 1.08. The molecule has 0 saturated heterocycles. The highest BCUT2D eigenvalue weighted by molar-refractivity contribution is 6.73. The second kappa shape index (κ2) is 7.60. The highest BCUT2D eigenvalue weighted by Gasteiger charge is 2.29. The average molecular weight is 264 g/mol. The Morgan fingerprint density at radius 1 is 1.12 bits per heavy atom. The molecule has 3 nitrogen and oxygen atoms in total. The van der Waals surface area contributed by atoms with E-state index in [1.54, 1.807) is 7.11 Å². The van der Waals surface area contributed by atoms with Crippen molar-refractivity contribution in [2.24, 2.45) is 0 Å². The zero-order valence-electron chi connectivity index (χ0n) is 11.9. The van der Waals surface area contributed by atoms with Crippen LogP contribution < -0.4 is 4.98 Å². The van der Waals surface area contributed by atoms with Gasteiger partial charge >= 0.3 is 8.56 Å². The third-order valence-electron chi connectivity index (χ3n) is 2.51. The van der Waals surface area contributed by atoms with E-state index in [1.165, 1.54) is 0 Å². The first kappa shape index (κ1) is 16.3. The summed E-state index contributed by atoms with van der Waals surface area (Å²) < 4.78 is 11.4. The molecule has 0 aliphatic rings. The van der Waals surface area contributed by atoms with Gasteiger partial charge in [0.15, 0.2) is 0 Å². The van der Waals surface area contributed by atoms with E-state index < -0.39 is 16.8 Å².